The third kappa shape index (κ3) is 3.04. The summed E-state index contributed by atoms with van der Waals surface area (Å²) in [5.41, 5.74) is -0.229. The molecule has 0 bridgehead atoms. The van der Waals surface area contributed by atoms with E-state index < -0.39 is 12.1 Å². The molecule has 5 heteroatoms. The van der Waals surface area contributed by atoms with Crippen LogP contribution in [0.2, 0.25) is 0 Å². The van der Waals surface area contributed by atoms with Gasteiger partial charge in [-0.15, -0.1) is 0 Å². The number of likely N-dealkylation sites (tertiary alicyclic amines) is 1. The van der Waals surface area contributed by atoms with E-state index in [1.165, 1.54) is 4.90 Å². The van der Waals surface area contributed by atoms with Crippen molar-refractivity contribution < 1.29 is 14.7 Å². The summed E-state index contributed by atoms with van der Waals surface area (Å²) >= 11 is 0. The van der Waals surface area contributed by atoms with Crippen LogP contribution in [0.25, 0.3) is 0 Å². The number of aliphatic hydroxyl groups excluding tert-OH is 1. The Hall–Kier alpha value is -0.940. The highest BCUT2D eigenvalue weighted by atomic mass is 16.3. The molecule has 1 fully saturated rings. The van der Waals surface area contributed by atoms with Gasteiger partial charge in [0.25, 0.3) is 0 Å². The Morgan fingerprint density at radius 2 is 2.12 bits per heavy atom. The van der Waals surface area contributed by atoms with E-state index in [0.29, 0.717) is 6.42 Å². The standard InChI is InChI=1S/C12H22N2O3/c1-12(2,3)10(13-4)11(17)14-6-9(16)5-8(14)7-15/h7-10,13,16H,5-6H2,1-4H3/t8-,9+,10?/m0/s1. The molecule has 1 aliphatic heterocycles. The number of carbonyl (C=O) groups is 2. The Bertz CT molecular complexity index is 299. The normalized spacial score (nSPS) is 27.0. The molecule has 1 aliphatic rings. The number of amides is 1. The number of hydrogen-bond donors (Lipinski definition) is 2. The number of nitrogens with one attached hydrogen (secondary N) is 1. The van der Waals surface area contributed by atoms with Gasteiger partial charge in [0.05, 0.1) is 18.2 Å². The Morgan fingerprint density at radius 1 is 1.53 bits per heavy atom. The van der Waals surface area contributed by atoms with Gasteiger partial charge < -0.3 is 20.1 Å². The van der Waals surface area contributed by atoms with Crippen molar-refractivity contribution in [1.29, 1.82) is 0 Å². The van der Waals surface area contributed by atoms with E-state index in [-0.39, 0.29) is 23.9 Å². The van der Waals surface area contributed by atoms with Crippen LogP contribution in [0.1, 0.15) is 27.2 Å². The summed E-state index contributed by atoms with van der Waals surface area (Å²) in [7, 11) is 1.73. The van der Waals surface area contributed by atoms with Gasteiger partial charge >= 0.3 is 0 Å². The van der Waals surface area contributed by atoms with Crippen LogP contribution in [0.4, 0.5) is 0 Å². The maximum Gasteiger partial charge on any atom is 0.240 e. The monoisotopic (exact) mass is 242 g/mol. The van der Waals surface area contributed by atoms with E-state index in [9.17, 15) is 14.7 Å². The predicted octanol–water partition coefficient (Wildman–Crippen LogP) is -0.219. The highest BCUT2D eigenvalue weighted by molar-refractivity contribution is 5.85. The van der Waals surface area contributed by atoms with E-state index >= 15 is 0 Å². The second-order valence-electron chi connectivity index (χ2n) is 5.67. The molecule has 2 N–H and O–H groups in total. The van der Waals surface area contributed by atoms with Crippen LogP contribution in [0.15, 0.2) is 0 Å². The van der Waals surface area contributed by atoms with E-state index in [4.69, 9.17) is 0 Å². The average molecular weight is 242 g/mol. The Morgan fingerprint density at radius 3 is 2.53 bits per heavy atom. The maximum atomic E-state index is 12.3. The number of likely N-dealkylation sites (N-methyl/N-ethyl adjacent to an activating group) is 1. The van der Waals surface area contributed by atoms with Crippen LogP contribution in [-0.4, -0.2) is 54.0 Å². The number of β-amino-alcohol motifs (C(OH)–C–C–N with tert-alkyl or cyclic N) is 1. The summed E-state index contributed by atoms with van der Waals surface area (Å²) in [5.74, 6) is -0.117. The quantitative estimate of drug-likeness (QED) is 0.671. The molecule has 1 unspecified atom stereocenters. The maximum absolute atomic E-state index is 12.3. The predicted molar refractivity (Wildman–Crippen MR) is 64.5 cm³/mol. The van der Waals surface area contributed by atoms with Crippen LogP contribution in [0.5, 0.6) is 0 Å². The fraction of sp³-hybridized carbons (Fsp3) is 0.833. The number of hydrogen-bond acceptors (Lipinski definition) is 4. The first-order valence-electron chi connectivity index (χ1n) is 5.92. The van der Waals surface area contributed by atoms with Gasteiger partial charge in [0.1, 0.15) is 6.29 Å². The molecule has 0 radical (unpaired) electrons. The van der Waals surface area contributed by atoms with Crippen LogP contribution < -0.4 is 5.32 Å². The molecule has 5 nitrogen and oxygen atoms in total. The minimum absolute atomic E-state index is 0.117. The third-order valence-electron chi connectivity index (χ3n) is 3.16. The summed E-state index contributed by atoms with van der Waals surface area (Å²) in [6.07, 6.45) is 0.492. The molecular formula is C12H22N2O3. The topological polar surface area (TPSA) is 69.6 Å². The van der Waals surface area contributed by atoms with Gasteiger partial charge in [0, 0.05) is 13.0 Å². The zero-order valence-electron chi connectivity index (χ0n) is 10.9. The van der Waals surface area contributed by atoms with Crippen molar-refractivity contribution >= 4 is 12.2 Å². The van der Waals surface area contributed by atoms with Gasteiger partial charge in [-0.25, -0.2) is 0 Å². The van der Waals surface area contributed by atoms with Crippen molar-refractivity contribution in [1.82, 2.24) is 10.2 Å². The number of nitrogens with zero attached hydrogens (tertiary/aromatic N) is 1. The van der Waals surface area contributed by atoms with Gasteiger partial charge in [-0.2, -0.15) is 0 Å². The molecule has 1 heterocycles. The van der Waals surface area contributed by atoms with Crippen molar-refractivity contribution in [2.45, 2.75) is 45.4 Å². The number of rotatable bonds is 3. The first-order chi connectivity index (χ1) is 7.81. The molecule has 1 saturated heterocycles. The van der Waals surface area contributed by atoms with Crippen LogP contribution in [0.3, 0.4) is 0 Å². The summed E-state index contributed by atoms with van der Waals surface area (Å²) in [6.45, 7) is 6.15. The minimum atomic E-state index is -0.591. The minimum Gasteiger partial charge on any atom is -0.391 e. The molecule has 1 rings (SSSR count). The van der Waals surface area contributed by atoms with Gasteiger partial charge in [-0.3, -0.25) is 4.79 Å². The summed E-state index contributed by atoms with van der Waals surface area (Å²) < 4.78 is 0. The second kappa shape index (κ2) is 5.14. The molecule has 17 heavy (non-hydrogen) atoms. The molecule has 0 spiro atoms. The zero-order chi connectivity index (χ0) is 13.2. The summed E-state index contributed by atoms with van der Waals surface area (Å²) in [5, 5.41) is 12.5. The molecule has 0 aromatic carbocycles. The highest BCUT2D eigenvalue weighted by Crippen LogP contribution is 2.24. The molecule has 1 amide bonds. The van der Waals surface area contributed by atoms with Gasteiger partial charge in [-0.1, -0.05) is 20.8 Å². The first kappa shape index (κ1) is 14.1. The smallest absolute Gasteiger partial charge is 0.240 e. The number of aldehydes is 1. The molecule has 98 valence electrons. The van der Waals surface area contributed by atoms with Crippen molar-refractivity contribution in [2.75, 3.05) is 13.6 Å². The van der Waals surface area contributed by atoms with Gasteiger partial charge in [0.2, 0.25) is 5.91 Å². The summed E-state index contributed by atoms with van der Waals surface area (Å²) in [4.78, 5) is 24.7. The van der Waals surface area contributed by atoms with Crippen LogP contribution in [0, 0.1) is 5.41 Å². The van der Waals surface area contributed by atoms with Crippen molar-refractivity contribution in [3.63, 3.8) is 0 Å². The number of carbonyl (C=O) groups excluding carboxylic acids is 2. The van der Waals surface area contributed by atoms with Crippen molar-refractivity contribution in [3.05, 3.63) is 0 Å². The van der Waals surface area contributed by atoms with E-state index in [1.54, 1.807) is 7.05 Å². The zero-order valence-corrected chi connectivity index (χ0v) is 10.9. The van der Waals surface area contributed by atoms with E-state index in [2.05, 4.69) is 5.32 Å². The van der Waals surface area contributed by atoms with Gasteiger partial charge in [0.15, 0.2) is 0 Å². The third-order valence-corrected chi connectivity index (χ3v) is 3.16. The largest absolute Gasteiger partial charge is 0.391 e. The van der Waals surface area contributed by atoms with Crippen LogP contribution in [-0.2, 0) is 9.59 Å². The average Bonchev–Trinajstić information content (AvgIpc) is 2.58. The Labute approximate surface area is 102 Å². The van der Waals surface area contributed by atoms with Crippen molar-refractivity contribution in [2.24, 2.45) is 5.41 Å². The molecular weight excluding hydrogens is 220 g/mol. The second-order valence-corrected chi connectivity index (χ2v) is 5.67. The fourth-order valence-electron chi connectivity index (χ4n) is 2.32. The van der Waals surface area contributed by atoms with Crippen molar-refractivity contribution in [3.8, 4) is 0 Å². The van der Waals surface area contributed by atoms with E-state index in [0.717, 1.165) is 6.29 Å². The van der Waals surface area contributed by atoms with E-state index in [1.807, 2.05) is 20.8 Å². The first-order valence-corrected chi connectivity index (χ1v) is 5.92. The highest BCUT2D eigenvalue weighted by Gasteiger charge is 2.40. The lowest BCUT2D eigenvalue weighted by molar-refractivity contribution is -0.139. The van der Waals surface area contributed by atoms with Crippen LogP contribution >= 0.6 is 0 Å². The molecule has 0 saturated carbocycles. The molecule has 3 atom stereocenters. The Balaban J connectivity index is 2.84. The number of aliphatic hydroxyl groups is 1. The fourth-order valence-corrected chi connectivity index (χ4v) is 2.32. The molecule has 0 aliphatic carbocycles. The Kier molecular flexibility index (Phi) is 4.27. The summed E-state index contributed by atoms with van der Waals surface area (Å²) in [6, 6.07) is -0.842. The SMILES string of the molecule is CNC(C(=O)N1C[C@H](O)C[C@H]1C=O)C(C)(C)C. The molecule has 0 aromatic rings. The lowest BCUT2D eigenvalue weighted by Crippen LogP contribution is -2.53. The van der Waals surface area contributed by atoms with Gasteiger partial charge in [-0.05, 0) is 12.5 Å². The lowest BCUT2D eigenvalue weighted by atomic mass is 9.86. The lowest BCUT2D eigenvalue weighted by Gasteiger charge is -2.33. The molecule has 0 aromatic heterocycles.